The zero-order chi connectivity index (χ0) is 22.5. The van der Waals surface area contributed by atoms with Crippen LogP contribution in [0.5, 0.6) is 0 Å². The minimum atomic E-state index is -0.340. The number of carbonyl (C=O) groups is 2. The number of aromatic nitrogens is 4. The maximum Gasteiger partial charge on any atom is 0.204 e. The molecule has 3 aromatic carbocycles. The van der Waals surface area contributed by atoms with E-state index in [4.69, 9.17) is 23.2 Å². The normalized spacial score (nSPS) is 11.0. The number of rotatable bonds is 8. The molecule has 4 rings (SSSR count). The number of H-pyrrole nitrogens is 1. The van der Waals surface area contributed by atoms with Crippen LogP contribution in [0.1, 0.15) is 45.0 Å². The Bertz CT molecular complexity index is 1160. The van der Waals surface area contributed by atoms with Crippen molar-refractivity contribution in [3.05, 3.63) is 99.5 Å². The van der Waals surface area contributed by atoms with Crippen LogP contribution in [-0.2, 0) is 0 Å². The van der Waals surface area contributed by atoms with Crippen LogP contribution < -0.4 is 0 Å². The summed E-state index contributed by atoms with van der Waals surface area (Å²) in [6, 6.07) is 21.0. The van der Waals surface area contributed by atoms with Gasteiger partial charge in [-0.05, 0) is 71.3 Å². The van der Waals surface area contributed by atoms with E-state index >= 15 is 0 Å². The molecule has 0 unspecified atom stereocenters. The van der Waals surface area contributed by atoms with E-state index in [0.717, 1.165) is 11.1 Å². The number of hydrogen-bond donors (Lipinski definition) is 1. The number of Topliss-reactive ketones (excluding diaryl/α,β-unsaturated/α-hetero) is 2. The zero-order valence-corrected chi connectivity index (χ0v) is 18.3. The molecule has 0 saturated heterocycles. The first-order valence-corrected chi connectivity index (χ1v) is 10.7. The monoisotopic (exact) mass is 464 g/mol. The van der Waals surface area contributed by atoms with Gasteiger partial charge in [-0.2, -0.15) is 5.21 Å². The molecule has 32 heavy (non-hydrogen) atoms. The van der Waals surface area contributed by atoms with E-state index in [1.54, 1.807) is 48.5 Å². The lowest BCUT2D eigenvalue weighted by molar-refractivity contribution is 0.0944. The van der Waals surface area contributed by atoms with Crippen LogP contribution in [0.25, 0.3) is 11.4 Å². The zero-order valence-electron chi connectivity index (χ0n) is 16.8. The van der Waals surface area contributed by atoms with Crippen LogP contribution in [-0.4, -0.2) is 32.2 Å². The predicted molar refractivity (Wildman–Crippen MR) is 123 cm³/mol. The molecule has 1 heterocycles. The molecule has 1 N–H and O–H groups in total. The van der Waals surface area contributed by atoms with Crippen LogP contribution in [0.2, 0.25) is 10.0 Å². The van der Waals surface area contributed by atoms with E-state index < -0.39 is 0 Å². The summed E-state index contributed by atoms with van der Waals surface area (Å²) in [6.07, 6.45) is 0.327. The van der Waals surface area contributed by atoms with Gasteiger partial charge >= 0.3 is 0 Å². The summed E-state index contributed by atoms with van der Waals surface area (Å²) < 4.78 is 0. The van der Waals surface area contributed by atoms with Crippen molar-refractivity contribution in [2.75, 3.05) is 0 Å². The third-order valence-electron chi connectivity index (χ3n) is 5.16. The SMILES string of the molecule is O=C(CC(CC(=O)c1ccc(Cl)cc1)c1cccc(-c2nn[nH]n2)c1)c1ccc(Cl)cc1. The third kappa shape index (κ3) is 5.28. The first-order valence-electron chi connectivity index (χ1n) is 9.91. The van der Waals surface area contributed by atoms with Gasteiger partial charge in [0.25, 0.3) is 0 Å². The van der Waals surface area contributed by atoms with Crippen molar-refractivity contribution in [3.8, 4) is 11.4 Å². The van der Waals surface area contributed by atoms with Crippen molar-refractivity contribution in [3.63, 3.8) is 0 Å². The number of hydrogen-bond acceptors (Lipinski definition) is 5. The second kappa shape index (κ2) is 9.85. The molecule has 6 nitrogen and oxygen atoms in total. The Morgan fingerprint density at radius 3 is 1.88 bits per heavy atom. The van der Waals surface area contributed by atoms with Gasteiger partial charge in [-0.3, -0.25) is 9.59 Å². The van der Waals surface area contributed by atoms with E-state index in [1.807, 2.05) is 24.3 Å². The highest BCUT2D eigenvalue weighted by atomic mass is 35.5. The van der Waals surface area contributed by atoms with Crippen LogP contribution in [0.3, 0.4) is 0 Å². The summed E-state index contributed by atoms with van der Waals surface area (Å²) in [5, 5.41) is 15.2. The fourth-order valence-corrected chi connectivity index (χ4v) is 3.73. The number of aromatic amines is 1. The molecule has 0 spiro atoms. The van der Waals surface area contributed by atoms with E-state index in [1.165, 1.54) is 0 Å². The molecule has 0 radical (unpaired) electrons. The van der Waals surface area contributed by atoms with Gasteiger partial charge in [-0.15, -0.1) is 10.2 Å². The summed E-state index contributed by atoms with van der Waals surface area (Å²) in [7, 11) is 0. The maximum absolute atomic E-state index is 13.0. The number of ketones is 2. The van der Waals surface area contributed by atoms with Crippen LogP contribution in [0, 0.1) is 0 Å². The molecule has 0 atom stereocenters. The average Bonchev–Trinajstić information content (AvgIpc) is 3.34. The summed E-state index contributed by atoms with van der Waals surface area (Å²) in [5.41, 5.74) is 2.69. The third-order valence-corrected chi connectivity index (χ3v) is 5.66. The van der Waals surface area contributed by atoms with Gasteiger partial charge in [-0.1, -0.05) is 41.4 Å². The maximum atomic E-state index is 13.0. The molecule has 160 valence electrons. The number of benzene rings is 3. The minimum Gasteiger partial charge on any atom is -0.294 e. The summed E-state index contributed by atoms with van der Waals surface area (Å²) in [6.45, 7) is 0. The summed E-state index contributed by atoms with van der Waals surface area (Å²) >= 11 is 11.9. The fourth-order valence-electron chi connectivity index (χ4n) is 3.48. The lowest BCUT2D eigenvalue weighted by Gasteiger charge is -2.17. The second-order valence-electron chi connectivity index (χ2n) is 7.33. The van der Waals surface area contributed by atoms with Gasteiger partial charge in [0.15, 0.2) is 11.6 Å². The van der Waals surface area contributed by atoms with Gasteiger partial charge in [-0.25, -0.2) is 0 Å². The Labute approximate surface area is 194 Å². The Morgan fingerprint density at radius 1 is 0.812 bits per heavy atom. The molecule has 0 aliphatic rings. The smallest absolute Gasteiger partial charge is 0.204 e. The first-order chi connectivity index (χ1) is 15.5. The Morgan fingerprint density at radius 2 is 1.38 bits per heavy atom. The Kier molecular flexibility index (Phi) is 6.73. The number of nitrogens with zero attached hydrogens (tertiary/aromatic N) is 3. The number of halogens is 2. The predicted octanol–water partition coefficient (Wildman–Crippen LogP) is 5.80. The standard InChI is InChI=1S/C24H18Cl2N4O2/c25-20-8-4-15(5-9-20)22(31)13-19(14-23(32)16-6-10-21(26)11-7-16)17-2-1-3-18(12-17)24-27-29-30-28-24/h1-12,19H,13-14H2,(H,27,28,29,30). The van der Waals surface area contributed by atoms with E-state index in [-0.39, 0.29) is 30.3 Å². The Hall–Kier alpha value is -3.35. The molecule has 0 aliphatic carbocycles. The lowest BCUT2D eigenvalue weighted by Crippen LogP contribution is -2.13. The van der Waals surface area contributed by atoms with Gasteiger partial charge in [0.2, 0.25) is 5.82 Å². The molecule has 0 amide bonds. The quantitative estimate of drug-likeness (QED) is 0.332. The number of carbonyl (C=O) groups excluding carboxylic acids is 2. The molecule has 0 fully saturated rings. The highest BCUT2D eigenvalue weighted by molar-refractivity contribution is 6.31. The molecule has 0 bridgehead atoms. The van der Waals surface area contributed by atoms with Crippen molar-refractivity contribution in [1.29, 1.82) is 0 Å². The highest BCUT2D eigenvalue weighted by Gasteiger charge is 2.22. The van der Waals surface area contributed by atoms with Crippen molar-refractivity contribution in [1.82, 2.24) is 20.6 Å². The molecule has 4 aromatic rings. The molecule has 0 saturated carbocycles. The Balaban J connectivity index is 1.63. The van der Waals surface area contributed by atoms with Gasteiger partial charge < -0.3 is 0 Å². The van der Waals surface area contributed by atoms with E-state index in [0.29, 0.717) is 27.0 Å². The van der Waals surface area contributed by atoms with Crippen molar-refractivity contribution in [2.24, 2.45) is 0 Å². The van der Waals surface area contributed by atoms with Gasteiger partial charge in [0, 0.05) is 39.6 Å². The first kappa shape index (κ1) is 21.9. The van der Waals surface area contributed by atoms with Crippen molar-refractivity contribution < 1.29 is 9.59 Å². The van der Waals surface area contributed by atoms with Crippen LogP contribution in [0.15, 0.2) is 72.8 Å². The van der Waals surface area contributed by atoms with Crippen molar-refractivity contribution >= 4 is 34.8 Å². The molecular weight excluding hydrogens is 447 g/mol. The minimum absolute atomic E-state index is 0.0689. The lowest BCUT2D eigenvalue weighted by atomic mass is 9.85. The topological polar surface area (TPSA) is 88.6 Å². The largest absolute Gasteiger partial charge is 0.294 e. The molecular formula is C24H18Cl2N4O2. The molecule has 1 aromatic heterocycles. The van der Waals surface area contributed by atoms with E-state index in [2.05, 4.69) is 20.6 Å². The average molecular weight is 465 g/mol. The van der Waals surface area contributed by atoms with Crippen molar-refractivity contribution in [2.45, 2.75) is 18.8 Å². The second-order valence-corrected chi connectivity index (χ2v) is 8.20. The number of nitrogens with one attached hydrogen (secondary N) is 1. The number of tetrazole rings is 1. The molecule has 8 heteroatoms. The molecule has 0 aliphatic heterocycles. The highest BCUT2D eigenvalue weighted by Crippen LogP contribution is 2.30. The summed E-state index contributed by atoms with van der Waals surface area (Å²) in [5.74, 6) is -0.0343. The summed E-state index contributed by atoms with van der Waals surface area (Å²) in [4.78, 5) is 26.0. The van der Waals surface area contributed by atoms with Gasteiger partial charge in [0.05, 0.1) is 0 Å². The van der Waals surface area contributed by atoms with Gasteiger partial charge in [0.1, 0.15) is 0 Å². The van der Waals surface area contributed by atoms with Crippen LogP contribution in [0.4, 0.5) is 0 Å². The van der Waals surface area contributed by atoms with Crippen LogP contribution >= 0.6 is 23.2 Å². The van der Waals surface area contributed by atoms with E-state index in [9.17, 15) is 9.59 Å². The fraction of sp³-hybridized carbons (Fsp3) is 0.125.